The average molecular weight is 274 g/mol. The van der Waals surface area contributed by atoms with Crippen LogP contribution in [0.4, 0.5) is 0 Å². The zero-order valence-electron chi connectivity index (χ0n) is 12.2. The molecular formula is C16H22N2O2. The van der Waals surface area contributed by atoms with Crippen molar-refractivity contribution in [3.8, 4) is 0 Å². The number of rotatable bonds is 3. The van der Waals surface area contributed by atoms with Crippen LogP contribution < -0.4 is 0 Å². The Hall–Kier alpha value is -1.84. The number of benzene rings is 1. The molecule has 108 valence electrons. The van der Waals surface area contributed by atoms with E-state index in [2.05, 4.69) is 19.0 Å². The normalized spacial score (nSPS) is 21.2. The predicted octanol–water partition coefficient (Wildman–Crippen LogP) is 2.95. The van der Waals surface area contributed by atoms with Gasteiger partial charge < -0.3 is 10.1 Å². The molecule has 1 amide bonds. The molecule has 1 aliphatic rings. The molecule has 1 atom stereocenters. The summed E-state index contributed by atoms with van der Waals surface area (Å²) in [6.45, 7) is 5.40. The second-order valence-electron chi connectivity index (χ2n) is 5.21. The van der Waals surface area contributed by atoms with Gasteiger partial charge in [-0.2, -0.15) is 0 Å². The van der Waals surface area contributed by atoms with Crippen LogP contribution in [-0.4, -0.2) is 34.8 Å². The van der Waals surface area contributed by atoms with Crippen molar-refractivity contribution < 1.29 is 10.0 Å². The first-order valence-corrected chi connectivity index (χ1v) is 7.29. The summed E-state index contributed by atoms with van der Waals surface area (Å²) < 4.78 is 0. The highest BCUT2D eigenvalue weighted by Gasteiger charge is 2.28. The Balaban J connectivity index is 2.18. The molecule has 1 heterocycles. The molecule has 0 radical (unpaired) electrons. The number of oxime groups is 1. The Morgan fingerprint density at radius 2 is 2.15 bits per heavy atom. The van der Waals surface area contributed by atoms with E-state index in [4.69, 9.17) is 5.21 Å². The van der Waals surface area contributed by atoms with E-state index in [1.165, 1.54) is 0 Å². The van der Waals surface area contributed by atoms with E-state index >= 15 is 0 Å². The maximum atomic E-state index is 12.7. The number of piperidine rings is 1. The standard InChI is InChI=1S/C16H22N2O2/c1-3-12-7-5-6-8-14(12)16(19)18-10-9-15(17-20)13(4-2)11-18/h5-8,13,20H,3-4,9-11H2,1-2H3/b17-15+. The summed E-state index contributed by atoms with van der Waals surface area (Å²) in [7, 11) is 0. The summed E-state index contributed by atoms with van der Waals surface area (Å²) in [4.78, 5) is 14.5. The van der Waals surface area contributed by atoms with E-state index in [1.807, 2.05) is 29.2 Å². The molecule has 1 N–H and O–H groups in total. The van der Waals surface area contributed by atoms with E-state index < -0.39 is 0 Å². The Morgan fingerprint density at radius 1 is 1.40 bits per heavy atom. The molecule has 4 nitrogen and oxygen atoms in total. The number of carbonyl (C=O) groups excluding carboxylic acids is 1. The lowest BCUT2D eigenvalue weighted by atomic mass is 9.92. The lowest BCUT2D eigenvalue weighted by Crippen LogP contribution is -2.44. The molecule has 1 aliphatic heterocycles. The summed E-state index contributed by atoms with van der Waals surface area (Å²) in [5.74, 6) is 0.268. The van der Waals surface area contributed by atoms with Crippen molar-refractivity contribution >= 4 is 11.6 Å². The molecular weight excluding hydrogens is 252 g/mol. The molecule has 1 fully saturated rings. The number of aryl methyl sites for hydroxylation is 1. The molecule has 1 unspecified atom stereocenters. The van der Waals surface area contributed by atoms with Crippen LogP contribution in [0, 0.1) is 5.92 Å². The summed E-state index contributed by atoms with van der Waals surface area (Å²) in [5, 5.41) is 12.4. The monoisotopic (exact) mass is 274 g/mol. The minimum absolute atomic E-state index is 0.0953. The van der Waals surface area contributed by atoms with E-state index in [0.717, 1.165) is 29.7 Å². The molecule has 2 rings (SSSR count). The van der Waals surface area contributed by atoms with Gasteiger partial charge in [0.25, 0.3) is 5.91 Å². The fraction of sp³-hybridized carbons (Fsp3) is 0.500. The van der Waals surface area contributed by atoms with Crippen LogP contribution in [-0.2, 0) is 6.42 Å². The van der Waals surface area contributed by atoms with Gasteiger partial charge in [-0.3, -0.25) is 4.79 Å². The van der Waals surface area contributed by atoms with Crippen LogP contribution in [0.1, 0.15) is 42.6 Å². The molecule has 1 aromatic carbocycles. The van der Waals surface area contributed by atoms with E-state index in [0.29, 0.717) is 19.5 Å². The molecule has 1 saturated heterocycles. The van der Waals surface area contributed by atoms with Crippen molar-refractivity contribution in [3.63, 3.8) is 0 Å². The topological polar surface area (TPSA) is 52.9 Å². The average Bonchev–Trinajstić information content (AvgIpc) is 2.53. The molecule has 4 heteroatoms. The highest BCUT2D eigenvalue weighted by Crippen LogP contribution is 2.21. The number of likely N-dealkylation sites (tertiary alicyclic amines) is 1. The van der Waals surface area contributed by atoms with Gasteiger partial charge in [-0.25, -0.2) is 0 Å². The molecule has 0 aromatic heterocycles. The van der Waals surface area contributed by atoms with Gasteiger partial charge in [-0.05, 0) is 24.5 Å². The zero-order valence-corrected chi connectivity index (χ0v) is 12.2. The Bertz CT molecular complexity index is 511. The molecule has 0 saturated carbocycles. The van der Waals surface area contributed by atoms with Crippen molar-refractivity contribution in [3.05, 3.63) is 35.4 Å². The third-order valence-corrected chi connectivity index (χ3v) is 4.09. The smallest absolute Gasteiger partial charge is 0.254 e. The van der Waals surface area contributed by atoms with Gasteiger partial charge in [-0.15, -0.1) is 0 Å². The fourth-order valence-corrected chi connectivity index (χ4v) is 2.80. The molecule has 20 heavy (non-hydrogen) atoms. The highest BCUT2D eigenvalue weighted by atomic mass is 16.4. The van der Waals surface area contributed by atoms with Crippen molar-refractivity contribution in [1.82, 2.24) is 4.90 Å². The predicted molar refractivity (Wildman–Crippen MR) is 79.3 cm³/mol. The third-order valence-electron chi connectivity index (χ3n) is 4.09. The summed E-state index contributed by atoms with van der Waals surface area (Å²) >= 11 is 0. The van der Waals surface area contributed by atoms with Crippen molar-refractivity contribution in [2.45, 2.75) is 33.1 Å². The first-order chi connectivity index (χ1) is 9.71. The molecule has 0 bridgehead atoms. The number of hydrogen-bond acceptors (Lipinski definition) is 3. The Labute approximate surface area is 120 Å². The number of hydrogen-bond donors (Lipinski definition) is 1. The minimum Gasteiger partial charge on any atom is -0.411 e. The van der Waals surface area contributed by atoms with Crippen molar-refractivity contribution in [1.29, 1.82) is 0 Å². The van der Waals surface area contributed by atoms with Crippen LogP contribution in [0.25, 0.3) is 0 Å². The minimum atomic E-state index is 0.0953. The maximum Gasteiger partial charge on any atom is 0.254 e. The second-order valence-corrected chi connectivity index (χ2v) is 5.21. The number of amides is 1. The second kappa shape index (κ2) is 6.55. The first-order valence-electron chi connectivity index (χ1n) is 7.29. The molecule has 0 aliphatic carbocycles. The summed E-state index contributed by atoms with van der Waals surface area (Å²) in [6, 6.07) is 7.79. The largest absolute Gasteiger partial charge is 0.411 e. The van der Waals surface area contributed by atoms with Crippen LogP contribution in [0.2, 0.25) is 0 Å². The molecule has 1 aromatic rings. The van der Waals surface area contributed by atoms with Crippen LogP contribution >= 0.6 is 0 Å². The van der Waals surface area contributed by atoms with E-state index in [-0.39, 0.29) is 11.8 Å². The van der Waals surface area contributed by atoms with Crippen molar-refractivity contribution in [2.75, 3.05) is 13.1 Å². The number of carbonyl (C=O) groups is 1. The Kier molecular flexibility index (Phi) is 4.77. The lowest BCUT2D eigenvalue weighted by molar-refractivity contribution is 0.0728. The summed E-state index contributed by atoms with van der Waals surface area (Å²) in [6.07, 6.45) is 2.41. The van der Waals surface area contributed by atoms with Crippen LogP contribution in [0.15, 0.2) is 29.4 Å². The Morgan fingerprint density at radius 3 is 2.80 bits per heavy atom. The van der Waals surface area contributed by atoms with Gasteiger partial charge in [0.2, 0.25) is 0 Å². The van der Waals surface area contributed by atoms with Gasteiger partial charge in [0.1, 0.15) is 0 Å². The first kappa shape index (κ1) is 14.6. The summed E-state index contributed by atoms with van der Waals surface area (Å²) in [5.41, 5.74) is 2.71. The van der Waals surface area contributed by atoms with Gasteiger partial charge in [0, 0.05) is 31.0 Å². The number of nitrogens with zero attached hydrogens (tertiary/aromatic N) is 2. The quantitative estimate of drug-likeness (QED) is 0.680. The van der Waals surface area contributed by atoms with Gasteiger partial charge in [0.05, 0.1) is 5.71 Å². The fourth-order valence-electron chi connectivity index (χ4n) is 2.80. The zero-order chi connectivity index (χ0) is 14.5. The van der Waals surface area contributed by atoms with Gasteiger partial charge in [-0.1, -0.05) is 37.2 Å². The third kappa shape index (κ3) is 2.84. The maximum absolute atomic E-state index is 12.7. The van der Waals surface area contributed by atoms with E-state index in [9.17, 15) is 4.79 Å². The van der Waals surface area contributed by atoms with Gasteiger partial charge >= 0.3 is 0 Å². The van der Waals surface area contributed by atoms with Crippen LogP contribution in [0.3, 0.4) is 0 Å². The molecule has 0 spiro atoms. The lowest BCUT2D eigenvalue weighted by Gasteiger charge is -2.33. The van der Waals surface area contributed by atoms with Crippen molar-refractivity contribution in [2.24, 2.45) is 11.1 Å². The van der Waals surface area contributed by atoms with Gasteiger partial charge in [0.15, 0.2) is 0 Å². The SMILES string of the molecule is CCc1ccccc1C(=O)N1CC/C(=N\O)C(CC)C1. The highest BCUT2D eigenvalue weighted by molar-refractivity contribution is 5.97. The van der Waals surface area contributed by atoms with E-state index in [1.54, 1.807) is 0 Å². The van der Waals surface area contributed by atoms with Crippen LogP contribution in [0.5, 0.6) is 0 Å².